The summed E-state index contributed by atoms with van der Waals surface area (Å²) in [5.74, 6) is -0.443. The number of aliphatic hydroxyl groups excluding tert-OH is 1. The van der Waals surface area contributed by atoms with Gasteiger partial charge in [0, 0.05) is 13.6 Å². The summed E-state index contributed by atoms with van der Waals surface area (Å²) in [6.45, 7) is 6.14. The second-order valence-electron chi connectivity index (χ2n) is 5.53. The average Bonchev–Trinajstić information content (AvgIpc) is 2.50. The van der Waals surface area contributed by atoms with E-state index >= 15 is 0 Å². The van der Waals surface area contributed by atoms with Gasteiger partial charge in [-0.1, -0.05) is 0 Å². The molecule has 0 bridgehead atoms. The minimum Gasteiger partial charge on any atom is -0.389 e. The van der Waals surface area contributed by atoms with Crippen molar-refractivity contribution in [3.63, 3.8) is 0 Å². The first-order valence-electron chi connectivity index (χ1n) is 6.06. The summed E-state index contributed by atoms with van der Waals surface area (Å²) >= 11 is 0. The third-order valence-electron chi connectivity index (χ3n) is 2.69. The standard InChI is InChI=1S/C12H22N2O4/c1-12(2,3)18-7-8(15)6-13-9-5-10(16)14(4)11(9)17/h8-9,13,15H,5-7H2,1-4H3. The minimum absolute atomic E-state index is 0.155. The largest absolute Gasteiger partial charge is 0.389 e. The van der Waals surface area contributed by atoms with Gasteiger partial charge in [-0.15, -0.1) is 0 Å². The van der Waals surface area contributed by atoms with Crippen LogP contribution in [0.2, 0.25) is 0 Å². The molecule has 1 fully saturated rings. The first kappa shape index (κ1) is 15.1. The van der Waals surface area contributed by atoms with E-state index in [4.69, 9.17) is 4.74 Å². The molecular weight excluding hydrogens is 236 g/mol. The Morgan fingerprint density at radius 2 is 2.11 bits per heavy atom. The molecule has 0 aromatic carbocycles. The van der Waals surface area contributed by atoms with E-state index < -0.39 is 12.1 Å². The van der Waals surface area contributed by atoms with Gasteiger partial charge in [0.2, 0.25) is 11.8 Å². The van der Waals surface area contributed by atoms with Gasteiger partial charge in [0.25, 0.3) is 0 Å². The molecule has 0 saturated carbocycles. The van der Waals surface area contributed by atoms with E-state index in [1.54, 1.807) is 0 Å². The lowest BCUT2D eigenvalue weighted by Crippen LogP contribution is -2.42. The van der Waals surface area contributed by atoms with Gasteiger partial charge < -0.3 is 15.2 Å². The lowest BCUT2D eigenvalue weighted by atomic mass is 10.2. The van der Waals surface area contributed by atoms with Crippen molar-refractivity contribution in [1.82, 2.24) is 10.2 Å². The highest BCUT2D eigenvalue weighted by atomic mass is 16.5. The van der Waals surface area contributed by atoms with Crippen LogP contribution < -0.4 is 5.32 Å². The first-order valence-corrected chi connectivity index (χ1v) is 6.06. The van der Waals surface area contributed by atoms with Crippen molar-refractivity contribution in [2.45, 2.75) is 44.9 Å². The van der Waals surface area contributed by atoms with Gasteiger partial charge in [-0.25, -0.2) is 0 Å². The number of hydrogen-bond donors (Lipinski definition) is 2. The van der Waals surface area contributed by atoms with Crippen LogP contribution in [0.15, 0.2) is 0 Å². The maximum atomic E-state index is 11.6. The summed E-state index contributed by atoms with van der Waals surface area (Å²) < 4.78 is 5.42. The number of nitrogens with one attached hydrogen (secondary N) is 1. The molecule has 104 valence electrons. The Bertz CT molecular complexity index is 325. The Hall–Kier alpha value is -0.980. The lowest BCUT2D eigenvalue weighted by molar-refractivity contribution is -0.137. The molecule has 6 nitrogen and oxygen atoms in total. The normalized spacial score (nSPS) is 22.7. The molecular formula is C12H22N2O4. The number of hydrogen-bond acceptors (Lipinski definition) is 5. The van der Waals surface area contributed by atoms with E-state index in [1.807, 2.05) is 20.8 Å². The maximum Gasteiger partial charge on any atom is 0.246 e. The number of aliphatic hydroxyl groups is 1. The van der Waals surface area contributed by atoms with Crippen molar-refractivity contribution in [2.75, 3.05) is 20.2 Å². The van der Waals surface area contributed by atoms with Crippen molar-refractivity contribution >= 4 is 11.8 Å². The van der Waals surface area contributed by atoms with Crippen LogP contribution in [-0.2, 0) is 14.3 Å². The summed E-state index contributed by atoms with van der Waals surface area (Å²) in [5, 5.41) is 12.6. The zero-order chi connectivity index (χ0) is 13.9. The quantitative estimate of drug-likeness (QED) is 0.651. The summed E-state index contributed by atoms with van der Waals surface area (Å²) in [6.07, 6.45) is -0.541. The highest BCUT2D eigenvalue weighted by Gasteiger charge is 2.35. The number of likely N-dealkylation sites (N-methyl/N-ethyl adjacent to an activating group) is 1. The Labute approximate surface area is 107 Å². The molecule has 0 radical (unpaired) electrons. The fraction of sp³-hybridized carbons (Fsp3) is 0.833. The maximum absolute atomic E-state index is 11.6. The third kappa shape index (κ3) is 4.36. The first-order chi connectivity index (χ1) is 8.20. The van der Waals surface area contributed by atoms with Crippen LogP contribution in [0.1, 0.15) is 27.2 Å². The molecule has 18 heavy (non-hydrogen) atoms. The smallest absolute Gasteiger partial charge is 0.246 e. The van der Waals surface area contributed by atoms with Crippen LogP contribution in [0.5, 0.6) is 0 Å². The summed E-state index contributed by atoms with van der Waals surface area (Å²) in [4.78, 5) is 24.0. The number of carbonyl (C=O) groups excluding carboxylic acids is 2. The van der Waals surface area contributed by atoms with Crippen LogP contribution in [0.4, 0.5) is 0 Å². The minimum atomic E-state index is -0.696. The highest BCUT2D eigenvalue weighted by Crippen LogP contribution is 2.11. The topological polar surface area (TPSA) is 78.9 Å². The van der Waals surface area contributed by atoms with Gasteiger partial charge in [-0.2, -0.15) is 0 Å². The van der Waals surface area contributed by atoms with Gasteiger partial charge in [-0.3, -0.25) is 14.5 Å². The zero-order valence-electron chi connectivity index (χ0n) is 11.4. The number of carbonyl (C=O) groups is 2. The van der Waals surface area contributed by atoms with Crippen molar-refractivity contribution in [3.05, 3.63) is 0 Å². The number of nitrogens with zero attached hydrogens (tertiary/aromatic N) is 1. The van der Waals surface area contributed by atoms with E-state index in [9.17, 15) is 14.7 Å². The predicted molar refractivity (Wildman–Crippen MR) is 65.9 cm³/mol. The van der Waals surface area contributed by atoms with Gasteiger partial charge >= 0.3 is 0 Å². The molecule has 2 atom stereocenters. The van der Waals surface area contributed by atoms with E-state index in [2.05, 4.69) is 5.32 Å². The van der Waals surface area contributed by atoms with Crippen molar-refractivity contribution in [1.29, 1.82) is 0 Å². The highest BCUT2D eigenvalue weighted by molar-refractivity contribution is 6.05. The molecule has 2 amide bonds. The molecule has 0 spiro atoms. The Kier molecular flexibility index (Phi) is 4.84. The fourth-order valence-corrected chi connectivity index (χ4v) is 1.60. The summed E-state index contributed by atoms with van der Waals surface area (Å²) in [5.41, 5.74) is -0.305. The number of amides is 2. The van der Waals surface area contributed by atoms with Crippen LogP contribution in [-0.4, -0.2) is 59.8 Å². The number of rotatable bonds is 5. The monoisotopic (exact) mass is 258 g/mol. The molecule has 1 heterocycles. The average molecular weight is 258 g/mol. The van der Waals surface area contributed by atoms with Gasteiger partial charge in [0.15, 0.2) is 0 Å². The Morgan fingerprint density at radius 1 is 1.50 bits per heavy atom. The van der Waals surface area contributed by atoms with Gasteiger partial charge in [0.05, 0.1) is 30.8 Å². The molecule has 1 rings (SSSR count). The second kappa shape index (κ2) is 5.77. The molecule has 0 aliphatic carbocycles. The van der Waals surface area contributed by atoms with Gasteiger partial charge in [-0.05, 0) is 20.8 Å². The van der Waals surface area contributed by atoms with Crippen LogP contribution in [0.25, 0.3) is 0 Å². The van der Waals surface area contributed by atoms with E-state index in [0.29, 0.717) is 0 Å². The summed E-state index contributed by atoms with van der Waals surface area (Å²) in [6, 6.07) is -0.521. The molecule has 2 N–H and O–H groups in total. The van der Waals surface area contributed by atoms with Gasteiger partial charge in [0.1, 0.15) is 0 Å². The van der Waals surface area contributed by atoms with Crippen LogP contribution in [0, 0.1) is 0 Å². The molecule has 0 aromatic heterocycles. The Morgan fingerprint density at radius 3 is 2.56 bits per heavy atom. The zero-order valence-corrected chi connectivity index (χ0v) is 11.4. The number of imide groups is 1. The van der Waals surface area contributed by atoms with E-state index in [-0.39, 0.29) is 37.0 Å². The van der Waals surface area contributed by atoms with E-state index in [0.717, 1.165) is 4.90 Å². The third-order valence-corrected chi connectivity index (χ3v) is 2.69. The van der Waals surface area contributed by atoms with Crippen LogP contribution in [0.3, 0.4) is 0 Å². The number of likely N-dealkylation sites (tertiary alicyclic amines) is 1. The molecule has 0 aromatic rings. The predicted octanol–water partition coefficient (Wildman–Crippen LogP) is -0.491. The van der Waals surface area contributed by atoms with Crippen molar-refractivity contribution < 1.29 is 19.4 Å². The SMILES string of the molecule is CN1C(=O)CC(NCC(O)COC(C)(C)C)C1=O. The number of ether oxygens (including phenoxy) is 1. The molecule has 1 aliphatic rings. The molecule has 1 aliphatic heterocycles. The lowest BCUT2D eigenvalue weighted by Gasteiger charge is -2.22. The van der Waals surface area contributed by atoms with Crippen LogP contribution >= 0.6 is 0 Å². The fourth-order valence-electron chi connectivity index (χ4n) is 1.60. The van der Waals surface area contributed by atoms with Crippen molar-refractivity contribution in [2.24, 2.45) is 0 Å². The molecule has 6 heteroatoms. The Balaban J connectivity index is 2.29. The molecule has 1 saturated heterocycles. The summed E-state index contributed by atoms with van der Waals surface area (Å²) in [7, 11) is 1.46. The molecule has 2 unspecified atom stereocenters. The van der Waals surface area contributed by atoms with E-state index in [1.165, 1.54) is 7.05 Å². The second-order valence-corrected chi connectivity index (χ2v) is 5.53. The van der Waals surface area contributed by atoms with Crippen molar-refractivity contribution in [3.8, 4) is 0 Å².